The fourth-order valence-corrected chi connectivity index (χ4v) is 1.10. The zero-order valence-electron chi connectivity index (χ0n) is 10.3. The summed E-state index contributed by atoms with van der Waals surface area (Å²) in [6, 6.07) is -1.44. The van der Waals surface area contributed by atoms with Crippen molar-refractivity contribution in [3.8, 4) is 0 Å². The van der Waals surface area contributed by atoms with Gasteiger partial charge in [-0.15, -0.1) is 6.58 Å². The number of carbonyl (C=O) groups is 2. The molecule has 0 aromatic carbocycles. The SMILES string of the molecule is C=C(C)CCN(CCO)C(=O)NC(C)C(=O)O. The Morgan fingerprint density at radius 3 is 2.41 bits per heavy atom. The Morgan fingerprint density at radius 1 is 1.41 bits per heavy atom. The summed E-state index contributed by atoms with van der Waals surface area (Å²) in [5.41, 5.74) is 0.923. The van der Waals surface area contributed by atoms with Crippen molar-refractivity contribution < 1.29 is 19.8 Å². The molecule has 0 fully saturated rings. The van der Waals surface area contributed by atoms with Gasteiger partial charge < -0.3 is 20.4 Å². The molecule has 17 heavy (non-hydrogen) atoms. The molecule has 0 spiro atoms. The maximum Gasteiger partial charge on any atom is 0.325 e. The summed E-state index contributed by atoms with van der Waals surface area (Å²) in [5, 5.41) is 19.8. The standard InChI is InChI=1S/C11H20N2O4/c1-8(2)4-5-13(6-7-14)11(17)12-9(3)10(15)16/h9,14H,1,4-7H2,2-3H3,(H,12,17)(H,15,16). The lowest BCUT2D eigenvalue weighted by Crippen LogP contribution is -2.47. The van der Waals surface area contributed by atoms with Crippen molar-refractivity contribution in [2.45, 2.75) is 26.3 Å². The maximum atomic E-state index is 11.7. The third-order valence-electron chi connectivity index (χ3n) is 2.18. The lowest BCUT2D eigenvalue weighted by molar-refractivity contribution is -0.138. The van der Waals surface area contributed by atoms with E-state index in [-0.39, 0.29) is 13.2 Å². The van der Waals surface area contributed by atoms with E-state index in [1.165, 1.54) is 11.8 Å². The van der Waals surface area contributed by atoms with Gasteiger partial charge >= 0.3 is 12.0 Å². The first-order valence-corrected chi connectivity index (χ1v) is 5.42. The molecule has 98 valence electrons. The highest BCUT2D eigenvalue weighted by Crippen LogP contribution is 2.00. The van der Waals surface area contributed by atoms with E-state index in [0.717, 1.165) is 5.57 Å². The molecule has 0 heterocycles. The number of carboxylic acid groups (broad SMARTS) is 1. The molecule has 0 radical (unpaired) electrons. The van der Waals surface area contributed by atoms with E-state index in [0.29, 0.717) is 13.0 Å². The number of nitrogens with zero attached hydrogens (tertiary/aromatic N) is 1. The molecule has 0 aromatic heterocycles. The zero-order valence-corrected chi connectivity index (χ0v) is 10.3. The van der Waals surface area contributed by atoms with Gasteiger partial charge in [-0.1, -0.05) is 5.57 Å². The van der Waals surface area contributed by atoms with Gasteiger partial charge in [0.2, 0.25) is 0 Å². The van der Waals surface area contributed by atoms with Crippen LogP contribution in [0.1, 0.15) is 20.3 Å². The number of aliphatic hydroxyl groups is 1. The van der Waals surface area contributed by atoms with Gasteiger partial charge in [-0.3, -0.25) is 4.79 Å². The van der Waals surface area contributed by atoms with Crippen molar-refractivity contribution in [2.24, 2.45) is 0 Å². The minimum absolute atomic E-state index is 0.162. The highest BCUT2D eigenvalue weighted by molar-refractivity contribution is 5.82. The van der Waals surface area contributed by atoms with E-state index < -0.39 is 18.0 Å². The quantitative estimate of drug-likeness (QED) is 0.566. The van der Waals surface area contributed by atoms with E-state index in [1.807, 2.05) is 6.92 Å². The first kappa shape index (κ1) is 15.4. The number of aliphatic hydroxyl groups excluding tert-OH is 1. The number of carboxylic acids is 1. The summed E-state index contributed by atoms with van der Waals surface area (Å²) in [4.78, 5) is 23.6. The van der Waals surface area contributed by atoms with Crippen LogP contribution >= 0.6 is 0 Å². The molecule has 1 unspecified atom stereocenters. The predicted molar refractivity (Wildman–Crippen MR) is 63.7 cm³/mol. The van der Waals surface area contributed by atoms with Gasteiger partial charge in [0.1, 0.15) is 6.04 Å². The second-order valence-corrected chi connectivity index (χ2v) is 3.93. The van der Waals surface area contributed by atoms with Crippen molar-refractivity contribution in [3.05, 3.63) is 12.2 Å². The Labute approximate surface area is 101 Å². The number of nitrogens with one attached hydrogen (secondary N) is 1. The molecular formula is C11H20N2O4. The Bertz CT molecular complexity index is 291. The molecule has 0 rings (SSSR count). The molecule has 3 N–H and O–H groups in total. The topological polar surface area (TPSA) is 89.9 Å². The average Bonchev–Trinajstić information content (AvgIpc) is 2.23. The van der Waals surface area contributed by atoms with Crippen LogP contribution in [0.15, 0.2) is 12.2 Å². The summed E-state index contributed by atoms with van der Waals surface area (Å²) in [6.07, 6.45) is 0.620. The van der Waals surface area contributed by atoms with E-state index in [9.17, 15) is 9.59 Å². The zero-order chi connectivity index (χ0) is 13.4. The van der Waals surface area contributed by atoms with Crippen LogP contribution < -0.4 is 5.32 Å². The number of hydrogen-bond acceptors (Lipinski definition) is 3. The molecule has 0 bridgehead atoms. The van der Waals surface area contributed by atoms with E-state index in [1.54, 1.807) is 0 Å². The number of amides is 2. The Morgan fingerprint density at radius 2 is 2.00 bits per heavy atom. The number of carbonyl (C=O) groups excluding carboxylic acids is 1. The van der Waals surface area contributed by atoms with Crippen LogP contribution in [0.4, 0.5) is 4.79 Å². The van der Waals surface area contributed by atoms with Gasteiger partial charge in [0.05, 0.1) is 6.61 Å². The van der Waals surface area contributed by atoms with Gasteiger partial charge in [0.15, 0.2) is 0 Å². The minimum atomic E-state index is -1.10. The van der Waals surface area contributed by atoms with Crippen LogP contribution in [0, 0.1) is 0 Å². The smallest absolute Gasteiger partial charge is 0.325 e. The predicted octanol–water partition coefficient (Wildman–Crippen LogP) is 0.430. The third-order valence-corrected chi connectivity index (χ3v) is 2.18. The summed E-state index contributed by atoms with van der Waals surface area (Å²) in [7, 11) is 0. The molecule has 0 saturated heterocycles. The van der Waals surface area contributed by atoms with Crippen molar-refractivity contribution in [2.75, 3.05) is 19.7 Å². The molecule has 0 aliphatic carbocycles. The molecule has 0 saturated carbocycles. The first-order valence-electron chi connectivity index (χ1n) is 5.42. The van der Waals surface area contributed by atoms with Crippen LogP contribution in [0.25, 0.3) is 0 Å². The second kappa shape index (κ2) is 7.67. The van der Waals surface area contributed by atoms with E-state index in [2.05, 4.69) is 11.9 Å². The van der Waals surface area contributed by atoms with Crippen molar-refractivity contribution in [1.29, 1.82) is 0 Å². The van der Waals surface area contributed by atoms with Crippen molar-refractivity contribution in [3.63, 3.8) is 0 Å². The lowest BCUT2D eigenvalue weighted by atomic mass is 10.2. The highest BCUT2D eigenvalue weighted by Gasteiger charge is 2.18. The van der Waals surface area contributed by atoms with Crippen LogP contribution in [-0.4, -0.2) is 52.9 Å². The maximum absolute atomic E-state index is 11.7. The second-order valence-electron chi connectivity index (χ2n) is 3.93. The highest BCUT2D eigenvalue weighted by atomic mass is 16.4. The third kappa shape index (κ3) is 6.57. The van der Waals surface area contributed by atoms with Crippen LogP contribution in [0.2, 0.25) is 0 Å². The molecule has 6 heteroatoms. The average molecular weight is 244 g/mol. The number of urea groups is 1. The summed E-state index contributed by atoms with van der Waals surface area (Å²) < 4.78 is 0. The molecule has 1 atom stereocenters. The molecule has 6 nitrogen and oxygen atoms in total. The fourth-order valence-electron chi connectivity index (χ4n) is 1.10. The first-order chi connectivity index (χ1) is 7.88. The monoisotopic (exact) mass is 244 g/mol. The van der Waals surface area contributed by atoms with Crippen LogP contribution in [0.3, 0.4) is 0 Å². The van der Waals surface area contributed by atoms with Crippen molar-refractivity contribution >= 4 is 12.0 Å². The lowest BCUT2D eigenvalue weighted by Gasteiger charge is -2.23. The summed E-state index contributed by atoms with van der Waals surface area (Å²) in [6.45, 7) is 7.37. The Balaban J connectivity index is 4.32. The molecule has 0 aliphatic heterocycles. The van der Waals surface area contributed by atoms with E-state index in [4.69, 9.17) is 10.2 Å². The fraction of sp³-hybridized carbons (Fsp3) is 0.636. The number of rotatable bonds is 7. The molecule has 0 aromatic rings. The number of aliphatic carboxylic acids is 1. The largest absolute Gasteiger partial charge is 0.480 e. The van der Waals surface area contributed by atoms with Crippen molar-refractivity contribution in [1.82, 2.24) is 10.2 Å². The Kier molecular flexibility index (Phi) is 6.97. The minimum Gasteiger partial charge on any atom is -0.480 e. The summed E-state index contributed by atoms with van der Waals surface area (Å²) >= 11 is 0. The van der Waals surface area contributed by atoms with Crippen LogP contribution in [-0.2, 0) is 4.79 Å². The molecular weight excluding hydrogens is 224 g/mol. The summed E-state index contributed by atoms with van der Waals surface area (Å²) in [5.74, 6) is -1.10. The van der Waals surface area contributed by atoms with E-state index >= 15 is 0 Å². The van der Waals surface area contributed by atoms with Gasteiger partial charge in [0.25, 0.3) is 0 Å². The van der Waals surface area contributed by atoms with Gasteiger partial charge in [-0.2, -0.15) is 0 Å². The van der Waals surface area contributed by atoms with Gasteiger partial charge in [-0.05, 0) is 20.3 Å². The normalized spacial score (nSPS) is 11.7. The molecule has 0 aliphatic rings. The Hall–Kier alpha value is -1.56. The van der Waals surface area contributed by atoms with Crippen LogP contribution in [0.5, 0.6) is 0 Å². The molecule has 2 amide bonds. The number of hydrogen-bond donors (Lipinski definition) is 3. The van der Waals surface area contributed by atoms with Gasteiger partial charge in [0, 0.05) is 13.1 Å². The van der Waals surface area contributed by atoms with Gasteiger partial charge in [-0.25, -0.2) is 4.79 Å².